The molecule has 18 heavy (non-hydrogen) atoms. The van der Waals surface area contributed by atoms with Crippen LogP contribution in [0.4, 0.5) is 0 Å². The van der Waals surface area contributed by atoms with Gasteiger partial charge in [-0.05, 0) is 32.9 Å². The fraction of sp³-hybridized carbons (Fsp3) is 0.400. The van der Waals surface area contributed by atoms with E-state index in [1.165, 1.54) is 11.3 Å². The molecular weight excluding hydrogens is 222 g/mol. The van der Waals surface area contributed by atoms with Gasteiger partial charge in [0, 0.05) is 30.4 Å². The molecule has 0 amide bonds. The molecular formula is C15H19N3. The number of aromatic nitrogens is 2. The minimum atomic E-state index is 0.214. The fourth-order valence-electron chi connectivity index (χ4n) is 2.34. The number of nitrogens with zero attached hydrogens (tertiary/aromatic N) is 3. The summed E-state index contributed by atoms with van der Waals surface area (Å²) in [5, 5.41) is 4.70. The Labute approximate surface area is 108 Å². The van der Waals surface area contributed by atoms with Crippen LogP contribution in [0.25, 0.3) is 5.69 Å². The maximum absolute atomic E-state index is 4.70. The van der Waals surface area contributed by atoms with Crippen molar-refractivity contribution in [2.24, 2.45) is 0 Å². The third kappa shape index (κ3) is 1.95. The first kappa shape index (κ1) is 11.5. The topological polar surface area (TPSA) is 21.1 Å². The second-order valence-corrected chi connectivity index (χ2v) is 5.91. The van der Waals surface area contributed by atoms with Gasteiger partial charge in [0.25, 0.3) is 0 Å². The van der Waals surface area contributed by atoms with E-state index < -0.39 is 0 Å². The molecule has 0 saturated heterocycles. The average Bonchev–Trinajstić information content (AvgIpc) is 2.86. The predicted octanol–water partition coefficient (Wildman–Crippen LogP) is 2.99. The summed E-state index contributed by atoms with van der Waals surface area (Å²) in [6.07, 6.45) is 2.16. The Balaban J connectivity index is 1.87. The zero-order chi connectivity index (χ0) is 12.8. The molecule has 0 saturated carbocycles. The van der Waals surface area contributed by atoms with Gasteiger partial charge in [-0.15, -0.1) is 0 Å². The zero-order valence-corrected chi connectivity index (χ0v) is 11.2. The van der Waals surface area contributed by atoms with Gasteiger partial charge >= 0.3 is 0 Å². The third-order valence-electron chi connectivity index (χ3n) is 3.55. The normalized spacial score (nSPS) is 15.9. The molecule has 0 fully saturated rings. The monoisotopic (exact) mass is 241 g/mol. The number of para-hydroxylation sites is 1. The standard InChI is InChI=1S/C15H19N3/c1-15(2,3)17-9-12-10-18(16-14(12)11-17)13-7-5-4-6-8-13/h4-8,10H,9,11H2,1-3H3. The average molecular weight is 241 g/mol. The van der Waals surface area contributed by atoms with Crippen LogP contribution in [0, 0.1) is 0 Å². The Morgan fingerprint density at radius 2 is 1.78 bits per heavy atom. The van der Waals surface area contributed by atoms with Crippen LogP contribution in [0.15, 0.2) is 36.5 Å². The molecule has 2 heterocycles. The summed E-state index contributed by atoms with van der Waals surface area (Å²) in [6.45, 7) is 8.72. The number of rotatable bonds is 1. The molecule has 2 aromatic rings. The Morgan fingerprint density at radius 1 is 1.06 bits per heavy atom. The van der Waals surface area contributed by atoms with E-state index in [9.17, 15) is 0 Å². The van der Waals surface area contributed by atoms with Gasteiger partial charge in [-0.25, -0.2) is 4.68 Å². The van der Waals surface area contributed by atoms with E-state index in [1.807, 2.05) is 22.9 Å². The maximum Gasteiger partial charge on any atom is 0.0814 e. The molecule has 0 N–H and O–H groups in total. The van der Waals surface area contributed by atoms with Crippen molar-refractivity contribution in [2.45, 2.75) is 39.4 Å². The van der Waals surface area contributed by atoms with E-state index in [0.29, 0.717) is 0 Å². The Morgan fingerprint density at radius 3 is 2.39 bits per heavy atom. The molecule has 3 nitrogen and oxygen atoms in total. The summed E-state index contributed by atoms with van der Waals surface area (Å²) in [7, 11) is 0. The lowest BCUT2D eigenvalue weighted by molar-refractivity contribution is 0.134. The summed E-state index contributed by atoms with van der Waals surface area (Å²) in [6, 6.07) is 10.3. The molecule has 1 aliphatic heterocycles. The Kier molecular flexibility index (Phi) is 2.52. The lowest BCUT2D eigenvalue weighted by Gasteiger charge is -2.31. The van der Waals surface area contributed by atoms with Crippen molar-refractivity contribution in [1.82, 2.24) is 14.7 Å². The molecule has 0 atom stereocenters. The zero-order valence-electron chi connectivity index (χ0n) is 11.2. The highest BCUT2D eigenvalue weighted by Crippen LogP contribution is 2.28. The quantitative estimate of drug-likeness (QED) is 0.765. The predicted molar refractivity (Wildman–Crippen MR) is 72.6 cm³/mol. The van der Waals surface area contributed by atoms with Gasteiger partial charge in [-0.2, -0.15) is 5.10 Å². The van der Waals surface area contributed by atoms with Gasteiger partial charge in [-0.1, -0.05) is 18.2 Å². The fourth-order valence-corrected chi connectivity index (χ4v) is 2.34. The van der Waals surface area contributed by atoms with Crippen molar-refractivity contribution in [3.8, 4) is 5.69 Å². The van der Waals surface area contributed by atoms with Crippen LogP contribution in [0.5, 0.6) is 0 Å². The van der Waals surface area contributed by atoms with E-state index in [0.717, 1.165) is 18.8 Å². The van der Waals surface area contributed by atoms with E-state index in [-0.39, 0.29) is 5.54 Å². The minimum Gasteiger partial charge on any atom is -0.288 e. The highest BCUT2D eigenvalue weighted by atomic mass is 15.3. The Bertz CT molecular complexity index is 525. The third-order valence-corrected chi connectivity index (χ3v) is 3.55. The van der Waals surface area contributed by atoms with Gasteiger partial charge < -0.3 is 0 Å². The number of fused-ring (bicyclic) bond motifs is 1. The molecule has 1 aromatic carbocycles. The molecule has 1 aromatic heterocycles. The lowest BCUT2D eigenvalue weighted by Crippen LogP contribution is -2.37. The van der Waals surface area contributed by atoms with Crippen LogP contribution in [0.2, 0.25) is 0 Å². The van der Waals surface area contributed by atoms with Crippen molar-refractivity contribution < 1.29 is 0 Å². The van der Waals surface area contributed by atoms with Crippen molar-refractivity contribution in [2.75, 3.05) is 0 Å². The largest absolute Gasteiger partial charge is 0.288 e. The summed E-state index contributed by atoms with van der Waals surface area (Å²) < 4.78 is 1.99. The lowest BCUT2D eigenvalue weighted by atomic mass is 10.1. The molecule has 94 valence electrons. The van der Waals surface area contributed by atoms with Crippen molar-refractivity contribution in [3.63, 3.8) is 0 Å². The molecule has 0 bridgehead atoms. The molecule has 3 rings (SSSR count). The van der Waals surface area contributed by atoms with Crippen LogP contribution in [0.1, 0.15) is 32.0 Å². The number of hydrogen-bond donors (Lipinski definition) is 0. The van der Waals surface area contributed by atoms with Crippen LogP contribution in [-0.4, -0.2) is 20.2 Å². The van der Waals surface area contributed by atoms with E-state index >= 15 is 0 Å². The van der Waals surface area contributed by atoms with Crippen molar-refractivity contribution in [3.05, 3.63) is 47.8 Å². The van der Waals surface area contributed by atoms with E-state index in [4.69, 9.17) is 5.10 Å². The highest BCUT2D eigenvalue weighted by molar-refractivity contribution is 5.33. The van der Waals surface area contributed by atoms with Crippen molar-refractivity contribution in [1.29, 1.82) is 0 Å². The smallest absolute Gasteiger partial charge is 0.0814 e. The van der Waals surface area contributed by atoms with Crippen LogP contribution in [-0.2, 0) is 13.1 Å². The van der Waals surface area contributed by atoms with Gasteiger partial charge in [0.2, 0.25) is 0 Å². The van der Waals surface area contributed by atoms with Gasteiger partial charge in [0.15, 0.2) is 0 Å². The van der Waals surface area contributed by atoms with Gasteiger partial charge in [0.05, 0.1) is 11.4 Å². The number of benzene rings is 1. The molecule has 3 heteroatoms. The van der Waals surface area contributed by atoms with Gasteiger partial charge in [-0.3, -0.25) is 4.90 Å². The molecule has 0 unspecified atom stereocenters. The first-order valence-corrected chi connectivity index (χ1v) is 6.42. The summed E-state index contributed by atoms with van der Waals surface area (Å²) in [4.78, 5) is 2.46. The Hall–Kier alpha value is -1.61. The summed E-state index contributed by atoms with van der Waals surface area (Å²) in [5.41, 5.74) is 3.92. The minimum absolute atomic E-state index is 0.214. The van der Waals surface area contributed by atoms with Crippen molar-refractivity contribution >= 4 is 0 Å². The van der Waals surface area contributed by atoms with E-state index in [1.54, 1.807) is 0 Å². The summed E-state index contributed by atoms with van der Waals surface area (Å²) in [5.74, 6) is 0. The highest BCUT2D eigenvalue weighted by Gasteiger charge is 2.30. The van der Waals surface area contributed by atoms with Crippen LogP contribution in [0.3, 0.4) is 0 Å². The first-order valence-electron chi connectivity index (χ1n) is 6.42. The van der Waals surface area contributed by atoms with E-state index in [2.05, 4.69) is 44.0 Å². The first-order chi connectivity index (χ1) is 8.54. The van der Waals surface area contributed by atoms with Crippen LogP contribution < -0.4 is 0 Å². The molecule has 0 spiro atoms. The summed E-state index contributed by atoms with van der Waals surface area (Å²) >= 11 is 0. The van der Waals surface area contributed by atoms with Crippen LogP contribution >= 0.6 is 0 Å². The molecule has 1 aliphatic rings. The molecule has 0 radical (unpaired) electrons. The second kappa shape index (κ2) is 3.95. The molecule has 0 aliphatic carbocycles. The maximum atomic E-state index is 4.70. The number of hydrogen-bond acceptors (Lipinski definition) is 2. The SMILES string of the molecule is CC(C)(C)N1Cc2cn(-c3ccccc3)nc2C1. The second-order valence-electron chi connectivity index (χ2n) is 5.91. The van der Waals surface area contributed by atoms with Gasteiger partial charge in [0.1, 0.15) is 0 Å².